The molecule has 0 aliphatic heterocycles. The molecule has 10 heteroatoms. The van der Waals surface area contributed by atoms with Gasteiger partial charge in [-0.05, 0) is 52.0 Å². The molecule has 0 N–H and O–H groups in total. The van der Waals surface area contributed by atoms with Gasteiger partial charge < -0.3 is 4.84 Å². The van der Waals surface area contributed by atoms with E-state index in [4.69, 9.17) is 16.4 Å². The molecule has 0 aliphatic carbocycles. The van der Waals surface area contributed by atoms with Gasteiger partial charge in [-0.3, -0.25) is 0 Å². The Labute approximate surface area is 174 Å². The van der Waals surface area contributed by atoms with E-state index in [2.05, 4.69) is 15.9 Å². The Balaban J connectivity index is 2.26. The molecular weight excluding hydrogens is 481 g/mol. The highest BCUT2D eigenvalue weighted by Gasteiger charge is 2.42. The van der Waals surface area contributed by atoms with Gasteiger partial charge in [0.1, 0.15) is 16.6 Å². The van der Waals surface area contributed by atoms with Gasteiger partial charge in [0, 0.05) is 10.6 Å². The Morgan fingerprint density at radius 2 is 1.93 bits per heavy atom. The van der Waals surface area contributed by atoms with Gasteiger partial charge in [0.15, 0.2) is 5.69 Å². The predicted molar refractivity (Wildman–Crippen MR) is 102 cm³/mol. The Kier molecular flexibility index (Phi) is 5.57. The predicted octanol–water partition coefficient (Wildman–Crippen LogP) is 6.10. The molecule has 0 bridgehead atoms. The second-order valence-electron chi connectivity index (χ2n) is 5.61. The molecule has 0 spiro atoms. The number of alkyl halides is 3. The molecule has 2 aromatic heterocycles. The van der Waals surface area contributed by atoms with Crippen molar-refractivity contribution < 1.29 is 22.8 Å². The van der Waals surface area contributed by atoms with Gasteiger partial charge in [-0.1, -0.05) is 23.7 Å². The van der Waals surface area contributed by atoms with Crippen LogP contribution >= 0.6 is 38.9 Å². The average Bonchev–Trinajstić information content (AvgIpc) is 3.16. The molecule has 0 aliphatic rings. The maximum atomic E-state index is 13.7. The lowest BCUT2D eigenvalue weighted by Gasteiger charge is -2.15. The van der Waals surface area contributed by atoms with Crippen LogP contribution in [0.15, 0.2) is 40.2 Å². The maximum absolute atomic E-state index is 13.7. The molecule has 0 saturated carbocycles. The molecule has 28 heavy (non-hydrogen) atoms. The third kappa shape index (κ3) is 3.68. The van der Waals surface area contributed by atoms with Crippen LogP contribution in [0.1, 0.15) is 26.5 Å². The Morgan fingerprint density at radius 1 is 1.29 bits per heavy atom. The minimum absolute atomic E-state index is 0.165. The number of hydrogen-bond acceptors (Lipinski definition) is 4. The summed E-state index contributed by atoms with van der Waals surface area (Å²) in [5.41, 5.74) is -1.01. The van der Waals surface area contributed by atoms with Crippen molar-refractivity contribution in [3.63, 3.8) is 0 Å². The van der Waals surface area contributed by atoms with E-state index in [0.29, 0.717) is 15.3 Å². The van der Waals surface area contributed by atoms with Crippen molar-refractivity contribution in [2.24, 2.45) is 0 Å². The number of aromatic nitrogens is 1. The third-order valence-electron chi connectivity index (χ3n) is 3.79. The lowest BCUT2D eigenvalue weighted by molar-refractivity contribution is -0.149. The summed E-state index contributed by atoms with van der Waals surface area (Å²) in [6, 6.07) is 9.18. The molecule has 0 unspecified atom stereocenters. The SMILES string of the molecule is Cc1ccsc1C(=O)On1c(-c2ccc(Cl)cc2)c(C#N)c(Br)c1C(F)(F)F. The van der Waals surface area contributed by atoms with Crippen LogP contribution in [0, 0.1) is 18.3 Å². The number of rotatable bonds is 3. The van der Waals surface area contributed by atoms with Crippen LogP contribution in [0.4, 0.5) is 13.2 Å². The molecule has 0 amide bonds. The molecule has 0 fully saturated rings. The second-order valence-corrected chi connectivity index (χ2v) is 7.75. The minimum atomic E-state index is -4.89. The van der Waals surface area contributed by atoms with Crippen molar-refractivity contribution in [3.05, 3.63) is 66.9 Å². The molecule has 0 saturated heterocycles. The third-order valence-corrected chi connectivity index (χ3v) is 5.81. The smallest absolute Gasteiger partial charge is 0.329 e. The molecule has 4 nitrogen and oxygen atoms in total. The minimum Gasteiger partial charge on any atom is -0.329 e. The fraction of sp³-hybridized carbons (Fsp3) is 0.111. The lowest BCUT2D eigenvalue weighted by atomic mass is 10.1. The summed E-state index contributed by atoms with van der Waals surface area (Å²) in [6.45, 7) is 1.64. The van der Waals surface area contributed by atoms with Gasteiger partial charge in [-0.25, -0.2) is 4.79 Å². The molecular formula is C18H9BrClF3N2O2S. The lowest BCUT2D eigenvalue weighted by Crippen LogP contribution is -2.26. The van der Waals surface area contributed by atoms with Gasteiger partial charge in [0.2, 0.25) is 0 Å². The van der Waals surface area contributed by atoms with Crippen molar-refractivity contribution in [2.45, 2.75) is 13.1 Å². The molecule has 3 aromatic rings. The molecule has 0 radical (unpaired) electrons. The highest BCUT2D eigenvalue weighted by Crippen LogP contribution is 2.42. The maximum Gasteiger partial charge on any atom is 0.435 e. The number of nitriles is 1. The molecule has 144 valence electrons. The number of carbonyl (C=O) groups excluding carboxylic acids is 1. The van der Waals surface area contributed by atoms with E-state index in [1.807, 2.05) is 0 Å². The van der Waals surface area contributed by atoms with Crippen LogP contribution in [-0.2, 0) is 6.18 Å². The van der Waals surface area contributed by atoms with E-state index >= 15 is 0 Å². The van der Waals surface area contributed by atoms with E-state index in [1.54, 1.807) is 24.4 Å². The first-order chi connectivity index (χ1) is 13.1. The standard InChI is InChI=1S/C18H9BrClF3N2O2S/c1-9-6-7-28-15(9)17(26)27-25-14(10-2-4-11(20)5-3-10)12(8-24)13(19)16(25)18(21,22)23/h2-7H,1H3. The Bertz CT molecular complexity index is 1100. The molecule has 3 rings (SSSR count). The molecule has 2 heterocycles. The monoisotopic (exact) mass is 488 g/mol. The molecule has 1 aromatic carbocycles. The molecule has 0 atom stereocenters. The largest absolute Gasteiger partial charge is 0.435 e. The van der Waals surface area contributed by atoms with Crippen LogP contribution in [0.2, 0.25) is 5.02 Å². The van der Waals surface area contributed by atoms with E-state index in [0.717, 1.165) is 11.3 Å². The van der Waals surface area contributed by atoms with Crippen LogP contribution in [0.3, 0.4) is 0 Å². The number of thiophene rings is 1. The van der Waals surface area contributed by atoms with Crippen LogP contribution < -0.4 is 4.84 Å². The number of benzene rings is 1. The zero-order valence-corrected chi connectivity index (χ0v) is 17.1. The summed E-state index contributed by atoms with van der Waals surface area (Å²) in [7, 11) is 0. The first-order valence-corrected chi connectivity index (χ1v) is 9.64. The van der Waals surface area contributed by atoms with E-state index in [-0.39, 0.29) is 21.7 Å². The summed E-state index contributed by atoms with van der Waals surface area (Å²) < 4.78 is 41.0. The summed E-state index contributed by atoms with van der Waals surface area (Å²) in [5, 5.41) is 11.4. The first-order valence-electron chi connectivity index (χ1n) is 7.59. The highest BCUT2D eigenvalue weighted by atomic mass is 79.9. The van der Waals surface area contributed by atoms with E-state index in [1.165, 1.54) is 24.3 Å². The van der Waals surface area contributed by atoms with E-state index in [9.17, 15) is 23.2 Å². The number of halogens is 5. The number of carbonyl (C=O) groups is 1. The normalized spacial score (nSPS) is 11.3. The topological polar surface area (TPSA) is 55.0 Å². The van der Waals surface area contributed by atoms with Gasteiger partial charge in [0.05, 0.1) is 10.0 Å². The zero-order chi connectivity index (χ0) is 20.6. The van der Waals surface area contributed by atoms with Crippen molar-refractivity contribution in [1.29, 1.82) is 5.26 Å². The number of aryl methyl sites for hydroxylation is 1. The quantitative estimate of drug-likeness (QED) is 0.447. The summed E-state index contributed by atoms with van der Waals surface area (Å²) in [4.78, 5) is 17.8. The fourth-order valence-electron chi connectivity index (χ4n) is 2.53. The van der Waals surface area contributed by atoms with Gasteiger partial charge >= 0.3 is 12.1 Å². The highest BCUT2D eigenvalue weighted by molar-refractivity contribution is 9.10. The second kappa shape index (κ2) is 7.62. The average molecular weight is 490 g/mol. The summed E-state index contributed by atoms with van der Waals surface area (Å²) in [6.07, 6.45) is -4.89. The van der Waals surface area contributed by atoms with Crippen LogP contribution in [-0.4, -0.2) is 10.7 Å². The number of hydrogen-bond donors (Lipinski definition) is 0. The van der Waals surface area contributed by atoms with Gasteiger partial charge in [-0.2, -0.15) is 23.2 Å². The van der Waals surface area contributed by atoms with Crippen molar-refractivity contribution in [2.75, 3.05) is 0 Å². The van der Waals surface area contributed by atoms with Crippen molar-refractivity contribution >= 4 is 44.8 Å². The summed E-state index contributed by atoms with van der Waals surface area (Å²) in [5.74, 6) is -0.958. The van der Waals surface area contributed by atoms with Crippen molar-refractivity contribution in [1.82, 2.24) is 4.73 Å². The van der Waals surface area contributed by atoms with Crippen LogP contribution in [0.25, 0.3) is 11.3 Å². The van der Waals surface area contributed by atoms with Gasteiger partial charge in [0.25, 0.3) is 0 Å². The number of nitrogens with zero attached hydrogens (tertiary/aromatic N) is 2. The van der Waals surface area contributed by atoms with E-state index < -0.39 is 22.3 Å². The van der Waals surface area contributed by atoms with Crippen LogP contribution in [0.5, 0.6) is 0 Å². The first kappa shape index (κ1) is 20.5. The zero-order valence-electron chi connectivity index (χ0n) is 14.0. The summed E-state index contributed by atoms with van der Waals surface area (Å²) >= 11 is 9.73. The fourth-order valence-corrected chi connectivity index (χ4v) is 4.12. The van der Waals surface area contributed by atoms with Gasteiger partial charge in [-0.15, -0.1) is 11.3 Å². The Morgan fingerprint density at radius 3 is 2.43 bits per heavy atom. The van der Waals surface area contributed by atoms with Crippen molar-refractivity contribution in [3.8, 4) is 17.3 Å². The Hall–Kier alpha value is -2.28.